The number of hydrogen-bond donors (Lipinski definition) is 0. The molecule has 0 radical (unpaired) electrons. The first kappa shape index (κ1) is 15.7. The van der Waals surface area contributed by atoms with Crippen molar-refractivity contribution in [1.82, 2.24) is 4.98 Å². The third kappa shape index (κ3) is 4.15. The highest BCUT2D eigenvalue weighted by molar-refractivity contribution is 7.17. The number of fused-ring (bicyclic) bond motifs is 1. The normalized spacial score (nSPS) is 10.8. The van der Waals surface area contributed by atoms with Gasteiger partial charge in [0.15, 0.2) is 0 Å². The third-order valence-electron chi connectivity index (χ3n) is 3.43. The van der Waals surface area contributed by atoms with Crippen molar-refractivity contribution in [3.05, 3.63) is 65.3 Å². The van der Waals surface area contributed by atoms with E-state index in [0.29, 0.717) is 11.8 Å². The molecule has 0 N–H and O–H groups in total. The fraction of sp³-hybridized carbons (Fsp3) is 0.316. The highest BCUT2D eigenvalue weighted by Crippen LogP contribution is 2.28. The largest absolute Gasteiger partial charge is 0.261 e. The highest BCUT2D eigenvalue weighted by atomic mass is 32.1. The Hall–Kier alpha value is -1.67. The van der Waals surface area contributed by atoms with Crippen molar-refractivity contribution in [2.75, 3.05) is 0 Å². The van der Waals surface area contributed by atoms with E-state index < -0.39 is 0 Å². The Bertz CT molecular complexity index is 668. The second-order valence-corrected chi connectivity index (χ2v) is 6.69. The van der Waals surface area contributed by atoms with E-state index in [0.717, 1.165) is 5.69 Å². The summed E-state index contributed by atoms with van der Waals surface area (Å²) in [6.07, 6.45) is 1.83. The minimum absolute atomic E-state index is 0.547. The SMILES string of the molecule is CC(C)c1cccc2sccc12.CC(C)c1ccccn1. The van der Waals surface area contributed by atoms with E-state index in [1.807, 2.05) is 35.7 Å². The minimum Gasteiger partial charge on any atom is -0.261 e. The van der Waals surface area contributed by atoms with Crippen LogP contribution in [-0.4, -0.2) is 4.98 Å². The molecule has 3 aromatic rings. The maximum Gasteiger partial charge on any atom is 0.0428 e. The van der Waals surface area contributed by atoms with Gasteiger partial charge in [-0.25, -0.2) is 0 Å². The van der Waals surface area contributed by atoms with E-state index in [2.05, 4.69) is 62.3 Å². The molecule has 0 aliphatic heterocycles. The Kier molecular flexibility index (Phi) is 5.51. The topological polar surface area (TPSA) is 12.9 Å². The molecule has 21 heavy (non-hydrogen) atoms. The first-order valence-corrected chi connectivity index (χ1v) is 8.34. The molecule has 0 spiro atoms. The van der Waals surface area contributed by atoms with Crippen LogP contribution in [0.1, 0.15) is 50.8 Å². The van der Waals surface area contributed by atoms with Gasteiger partial charge in [0, 0.05) is 16.6 Å². The van der Waals surface area contributed by atoms with Crippen molar-refractivity contribution in [2.24, 2.45) is 0 Å². The van der Waals surface area contributed by atoms with Crippen LogP contribution >= 0.6 is 11.3 Å². The molecule has 0 aliphatic carbocycles. The van der Waals surface area contributed by atoms with Crippen molar-refractivity contribution in [2.45, 2.75) is 39.5 Å². The summed E-state index contributed by atoms with van der Waals surface area (Å²) in [5.74, 6) is 1.18. The van der Waals surface area contributed by atoms with Crippen LogP contribution in [0.25, 0.3) is 10.1 Å². The van der Waals surface area contributed by atoms with E-state index in [1.54, 1.807) is 0 Å². The van der Waals surface area contributed by atoms with Crippen LogP contribution in [0, 0.1) is 0 Å². The number of rotatable bonds is 2. The Balaban J connectivity index is 0.000000161. The van der Waals surface area contributed by atoms with Gasteiger partial charge in [0.2, 0.25) is 0 Å². The summed E-state index contributed by atoms with van der Waals surface area (Å²) in [6.45, 7) is 8.77. The van der Waals surface area contributed by atoms with E-state index in [-0.39, 0.29) is 0 Å². The molecule has 0 amide bonds. The van der Waals surface area contributed by atoms with E-state index >= 15 is 0 Å². The van der Waals surface area contributed by atoms with Crippen LogP contribution in [0.4, 0.5) is 0 Å². The van der Waals surface area contributed by atoms with Crippen LogP contribution < -0.4 is 0 Å². The van der Waals surface area contributed by atoms with E-state index in [9.17, 15) is 0 Å². The van der Waals surface area contributed by atoms with Gasteiger partial charge in [-0.05, 0) is 52.4 Å². The van der Waals surface area contributed by atoms with Crippen LogP contribution in [0.2, 0.25) is 0 Å². The van der Waals surface area contributed by atoms with Crippen molar-refractivity contribution < 1.29 is 0 Å². The molecule has 2 heterocycles. The molecule has 2 heteroatoms. The zero-order valence-corrected chi connectivity index (χ0v) is 14.0. The van der Waals surface area contributed by atoms with E-state index in [1.165, 1.54) is 15.6 Å². The molecule has 110 valence electrons. The van der Waals surface area contributed by atoms with Crippen LogP contribution in [0.3, 0.4) is 0 Å². The molecule has 0 aliphatic rings. The predicted molar refractivity (Wildman–Crippen MR) is 94.2 cm³/mol. The highest BCUT2D eigenvalue weighted by Gasteiger charge is 2.04. The first-order valence-electron chi connectivity index (χ1n) is 7.46. The molecular weight excluding hydrogens is 274 g/mol. The fourth-order valence-electron chi connectivity index (χ4n) is 2.24. The maximum atomic E-state index is 4.18. The summed E-state index contributed by atoms with van der Waals surface area (Å²) in [4.78, 5) is 4.18. The number of thiophene rings is 1. The lowest BCUT2D eigenvalue weighted by Crippen LogP contribution is -1.88. The molecule has 0 fully saturated rings. The Morgan fingerprint density at radius 3 is 2.24 bits per heavy atom. The monoisotopic (exact) mass is 297 g/mol. The molecule has 2 aromatic heterocycles. The van der Waals surface area contributed by atoms with Gasteiger partial charge in [-0.1, -0.05) is 45.9 Å². The molecule has 0 atom stereocenters. The second-order valence-electron chi connectivity index (χ2n) is 5.74. The van der Waals surface area contributed by atoms with Crippen LogP contribution in [0.5, 0.6) is 0 Å². The van der Waals surface area contributed by atoms with Crippen LogP contribution in [0.15, 0.2) is 54.0 Å². The summed E-state index contributed by atoms with van der Waals surface area (Å²) in [5, 5.41) is 3.59. The summed E-state index contributed by atoms with van der Waals surface area (Å²) in [5.41, 5.74) is 2.63. The number of pyridine rings is 1. The second kappa shape index (κ2) is 7.37. The van der Waals surface area contributed by atoms with Crippen molar-refractivity contribution in [1.29, 1.82) is 0 Å². The smallest absolute Gasteiger partial charge is 0.0428 e. The molecule has 0 saturated carbocycles. The quantitative estimate of drug-likeness (QED) is 0.546. The van der Waals surface area contributed by atoms with Gasteiger partial charge in [-0.3, -0.25) is 4.98 Å². The van der Waals surface area contributed by atoms with Gasteiger partial charge in [0.1, 0.15) is 0 Å². The van der Waals surface area contributed by atoms with E-state index in [4.69, 9.17) is 0 Å². The Morgan fingerprint density at radius 1 is 0.857 bits per heavy atom. The maximum absolute atomic E-state index is 4.18. The van der Waals surface area contributed by atoms with Gasteiger partial charge in [0.25, 0.3) is 0 Å². The molecule has 1 nitrogen and oxygen atoms in total. The van der Waals surface area contributed by atoms with Crippen molar-refractivity contribution >= 4 is 21.4 Å². The Labute approximate surface area is 131 Å². The number of hydrogen-bond acceptors (Lipinski definition) is 2. The third-order valence-corrected chi connectivity index (χ3v) is 4.31. The average Bonchev–Trinajstić information content (AvgIpc) is 2.97. The molecule has 0 saturated heterocycles. The minimum atomic E-state index is 0.547. The zero-order valence-electron chi connectivity index (χ0n) is 13.2. The summed E-state index contributed by atoms with van der Waals surface area (Å²) >= 11 is 1.82. The zero-order chi connectivity index (χ0) is 15.2. The molecule has 0 bridgehead atoms. The summed E-state index contributed by atoms with van der Waals surface area (Å²) < 4.78 is 1.40. The van der Waals surface area contributed by atoms with Gasteiger partial charge >= 0.3 is 0 Å². The number of nitrogens with zero attached hydrogens (tertiary/aromatic N) is 1. The lowest BCUT2D eigenvalue weighted by atomic mass is 10.00. The first-order chi connectivity index (χ1) is 10.1. The van der Waals surface area contributed by atoms with Gasteiger partial charge in [-0.2, -0.15) is 0 Å². The molecular formula is C19H23NS. The lowest BCUT2D eigenvalue weighted by molar-refractivity contribution is 0.823. The standard InChI is InChI=1S/C11H12S.C8H11N/c1-8(2)9-4-3-5-11-10(9)6-7-12-11;1-7(2)8-5-3-4-6-9-8/h3-8H,1-2H3;3-7H,1-2H3. The number of aromatic nitrogens is 1. The predicted octanol–water partition coefficient (Wildman–Crippen LogP) is 6.23. The average molecular weight is 297 g/mol. The molecule has 0 unspecified atom stereocenters. The molecule has 1 aromatic carbocycles. The van der Waals surface area contributed by atoms with Gasteiger partial charge in [-0.15, -0.1) is 11.3 Å². The van der Waals surface area contributed by atoms with Crippen molar-refractivity contribution in [3.63, 3.8) is 0 Å². The Morgan fingerprint density at radius 2 is 1.67 bits per heavy atom. The lowest BCUT2D eigenvalue weighted by Gasteiger charge is -2.05. The summed E-state index contributed by atoms with van der Waals surface area (Å²) in [6, 6.07) is 14.8. The number of benzene rings is 1. The molecule has 3 rings (SSSR count). The fourth-order valence-corrected chi connectivity index (χ4v) is 3.06. The van der Waals surface area contributed by atoms with Crippen LogP contribution in [-0.2, 0) is 0 Å². The van der Waals surface area contributed by atoms with Gasteiger partial charge in [0.05, 0.1) is 0 Å². The summed E-state index contributed by atoms with van der Waals surface area (Å²) in [7, 11) is 0. The van der Waals surface area contributed by atoms with Gasteiger partial charge < -0.3 is 0 Å². The van der Waals surface area contributed by atoms with Crippen molar-refractivity contribution in [3.8, 4) is 0 Å².